The minimum atomic E-state index is -0.908. The van der Waals surface area contributed by atoms with Crippen molar-refractivity contribution in [1.29, 1.82) is 0 Å². The molecule has 2 bridgehead atoms. The number of carboxylic acid groups (broad SMARTS) is 1. The molecule has 2 saturated heterocycles. The van der Waals surface area contributed by atoms with E-state index in [9.17, 15) is 9.90 Å². The number of carbonyl (C=O) groups is 1. The van der Waals surface area contributed by atoms with Crippen LogP contribution in [0.15, 0.2) is 0 Å². The van der Waals surface area contributed by atoms with E-state index in [0.717, 1.165) is 19.3 Å². The van der Waals surface area contributed by atoms with Crippen molar-refractivity contribution < 1.29 is 14.6 Å². The third kappa shape index (κ3) is 1.84. The summed E-state index contributed by atoms with van der Waals surface area (Å²) in [7, 11) is 2.11. The molecule has 16 heavy (non-hydrogen) atoms. The van der Waals surface area contributed by atoms with Gasteiger partial charge in [-0.15, -0.1) is 0 Å². The van der Waals surface area contributed by atoms with Crippen LogP contribution in [0.5, 0.6) is 0 Å². The van der Waals surface area contributed by atoms with Crippen molar-refractivity contribution in [3.63, 3.8) is 0 Å². The number of fused-ring (bicyclic) bond motifs is 2. The lowest BCUT2D eigenvalue weighted by atomic mass is 9.86. The van der Waals surface area contributed by atoms with Crippen LogP contribution in [0, 0.1) is 0 Å². The summed E-state index contributed by atoms with van der Waals surface area (Å²) in [6.07, 6.45) is 4.40. The van der Waals surface area contributed by atoms with Gasteiger partial charge in [0.25, 0.3) is 0 Å². The maximum Gasteiger partial charge on any atom is 0.336 e. The molecule has 2 fully saturated rings. The van der Waals surface area contributed by atoms with Crippen molar-refractivity contribution in [3.8, 4) is 0 Å². The number of hydrogen-bond acceptors (Lipinski definition) is 3. The molecule has 2 atom stereocenters. The van der Waals surface area contributed by atoms with Crippen molar-refractivity contribution in [2.45, 2.75) is 56.7 Å². The zero-order chi connectivity index (χ0) is 11.8. The summed E-state index contributed by atoms with van der Waals surface area (Å²) in [5.74, 6) is -0.772. The predicted octanol–water partition coefficient (Wildman–Crippen LogP) is 1.49. The molecule has 4 nitrogen and oxygen atoms in total. The van der Waals surface area contributed by atoms with Gasteiger partial charge in [-0.2, -0.15) is 0 Å². The van der Waals surface area contributed by atoms with Gasteiger partial charge in [-0.3, -0.25) is 0 Å². The Morgan fingerprint density at radius 3 is 2.44 bits per heavy atom. The number of piperidine rings is 1. The van der Waals surface area contributed by atoms with Crippen molar-refractivity contribution in [2.75, 3.05) is 13.7 Å². The van der Waals surface area contributed by atoms with Crippen molar-refractivity contribution in [3.05, 3.63) is 0 Å². The molecule has 92 valence electrons. The molecule has 0 amide bonds. The van der Waals surface area contributed by atoms with Gasteiger partial charge in [0.05, 0.1) is 0 Å². The summed E-state index contributed by atoms with van der Waals surface area (Å²) in [6, 6.07) is 0.790. The van der Waals surface area contributed by atoms with Crippen molar-refractivity contribution in [2.24, 2.45) is 0 Å². The first-order valence-corrected chi connectivity index (χ1v) is 6.18. The minimum absolute atomic E-state index is 0.395. The van der Waals surface area contributed by atoms with Gasteiger partial charge >= 0.3 is 5.97 Å². The van der Waals surface area contributed by atoms with Crippen LogP contribution >= 0.6 is 0 Å². The number of carboxylic acids is 1. The quantitative estimate of drug-likeness (QED) is 0.790. The SMILES string of the molecule is CCCOC1(C(=O)O)CC2CCC(C1)N2C. The molecular weight excluding hydrogens is 206 g/mol. The molecule has 0 aromatic rings. The van der Waals surface area contributed by atoms with Crippen LogP contribution in [0.4, 0.5) is 0 Å². The highest BCUT2D eigenvalue weighted by Crippen LogP contribution is 2.41. The first kappa shape index (κ1) is 11.9. The number of hydrogen-bond donors (Lipinski definition) is 1. The molecule has 2 aliphatic heterocycles. The van der Waals surface area contributed by atoms with E-state index in [1.54, 1.807) is 0 Å². The maximum absolute atomic E-state index is 11.5. The summed E-state index contributed by atoms with van der Waals surface area (Å²) < 4.78 is 5.68. The summed E-state index contributed by atoms with van der Waals surface area (Å²) in [6.45, 7) is 2.56. The standard InChI is InChI=1S/C12H21NO3/c1-3-6-16-12(11(14)15)7-9-4-5-10(8-12)13(9)2/h9-10H,3-8H2,1-2H3,(H,14,15). The zero-order valence-corrected chi connectivity index (χ0v) is 10.1. The molecule has 0 aromatic carbocycles. The average molecular weight is 227 g/mol. The van der Waals surface area contributed by atoms with Crippen molar-refractivity contribution >= 4 is 5.97 Å². The molecule has 0 radical (unpaired) electrons. The van der Waals surface area contributed by atoms with Gasteiger partial charge in [-0.25, -0.2) is 4.79 Å². The maximum atomic E-state index is 11.5. The van der Waals surface area contributed by atoms with E-state index in [4.69, 9.17) is 4.74 Å². The Bertz CT molecular complexity index is 265. The van der Waals surface area contributed by atoms with E-state index >= 15 is 0 Å². The highest BCUT2D eigenvalue weighted by Gasteiger charge is 2.52. The number of rotatable bonds is 4. The lowest BCUT2D eigenvalue weighted by Gasteiger charge is -2.42. The van der Waals surface area contributed by atoms with Gasteiger partial charge in [0.2, 0.25) is 0 Å². The van der Waals surface area contributed by atoms with E-state index in [-0.39, 0.29) is 0 Å². The molecule has 0 aromatic heterocycles. The monoisotopic (exact) mass is 227 g/mol. The molecular formula is C12H21NO3. The Hall–Kier alpha value is -0.610. The molecule has 2 rings (SSSR count). The molecule has 2 aliphatic rings. The van der Waals surface area contributed by atoms with Gasteiger partial charge in [-0.05, 0) is 26.3 Å². The molecule has 2 unspecified atom stereocenters. The van der Waals surface area contributed by atoms with Crippen LogP contribution in [0.3, 0.4) is 0 Å². The zero-order valence-electron chi connectivity index (χ0n) is 10.1. The van der Waals surface area contributed by atoms with Gasteiger partial charge in [-0.1, -0.05) is 6.92 Å². The lowest BCUT2D eigenvalue weighted by molar-refractivity contribution is -0.176. The second-order valence-electron chi connectivity index (χ2n) is 5.11. The fraction of sp³-hybridized carbons (Fsp3) is 0.917. The van der Waals surface area contributed by atoms with Crippen LogP contribution in [-0.4, -0.2) is 47.3 Å². The van der Waals surface area contributed by atoms with Crippen LogP contribution in [0.1, 0.15) is 39.0 Å². The number of aliphatic carboxylic acids is 1. The Morgan fingerprint density at radius 1 is 1.44 bits per heavy atom. The van der Waals surface area contributed by atoms with Gasteiger partial charge < -0.3 is 14.7 Å². The summed E-state index contributed by atoms with van der Waals surface area (Å²) >= 11 is 0. The minimum Gasteiger partial charge on any atom is -0.479 e. The molecule has 4 heteroatoms. The van der Waals surface area contributed by atoms with Crippen molar-refractivity contribution in [1.82, 2.24) is 4.90 Å². The number of nitrogens with zero attached hydrogens (tertiary/aromatic N) is 1. The first-order chi connectivity index (χ1) is 7.59. The van der Waals surface area contributed by atoms with Crippen LogP contribution < -0.4 is 0 Å². The van der Waals surface area contributed by atoms with E-state index < -0.39 is 11.6 Å². The molecule has 2 heterocycles. The third-order valence-corrected chi connectivity index (χ3v) is 4.09. The van der Waals surface area contributed by atoms with E-state index in [0.29, 0.717) is 31.5 Å². The average Bonchev–Trinajstić information content (AvgIpc) is 2.52. The molecule has 0 spiro atoms. The van der Waals surface area contributed by atoms with E-state index in [1.807, 2.05) is 6.92 Å². The highest BCUT2D eigenvalue weighted by molar-refractivity contribution is 5.78. The third-order valence-electron chi connectivity index (χ3n) is 4.09. The first-order valence-electron chi connectivity index (χ1n) is 6.18. The van der Waals surface area contributed by atoms with E-state index in [1.165, 1.54) is 0 Å². The second-order valence-corrected chi connectivity index (χ2v) is 5.11. The summed E-state index contributed by atoms with van der Waals surface area (Å²) in [5.41, 5.74) is -0.908. The summed E-state index contributed by atoms with van der Waals surface area (Å²) in [5, 5.41) is 9.42. The fourth-order valence-electron chi connectivity index (χ4n) is 3.08. The highest BCUT2D eigenvalue weighted by atomic mass is 16.5. The van der Waals surface area contributed by atoms with Gasteiger partial charge in [0, 0.05) is 31.5 Å². The Balaban J connectivity index is 2.13. The molecule has 0 saturated carbocycles. The lowest BCUT2D eigenvalue weighted by Crippen LogP contribution is -2.55. The summed E-state index contributed by atoms with van der Waals surface area (Å²) in [4.78, 5) is 13.8. The largest absolute Gasteiger partial charge is 0.479 e. The predicted molar refractivity (Wildman–Crippen MR) is 60.4 cm³/mol. The van der Waals surface area contributed by atoms with Crippen LogP contribution in [0.25, 0.3) is 0 Å². The van der Waals surface area contributed by atoms with Crippen LogP contribution in [0.2, 0.25) is 0 Å². The topological polar surface area (TPSA) is 49.8 Å². The smallest absolute Gasteiger partial charge is 0.336 e. The van der Waals surface area contributed by atoms with E-state index in [2.05, 4.69) is 11.9 Å². The van der Waals surface area contributed by atoms with Gasteiger partial charge in [0.15, 0.2) is 5.60 Å². The second kappa shape index (κ2) is 4.34. The Morgan fingerprint density at radius 2 is 2.00 bits per heavy atom. The molecule has 0 aliphatic carbocycles. The molecule has 1 N–H and O–H groups in total. The van der Waals surface area contributed by atoms with Gasteiger partial charge in [0.1, 0.15) is 0 Å². The van der Waals surface area contributed by atoms with Crippen LogP contribution in [-0.2, 0) is 9.53 Å². The Labute approximate surface area is 96.6 Å². The fourth-order valence-corrected chi connectivity index (χ4v) is 3.08. The normalized spacial score (nSPS) is 38.9. The Kier molecular flexibility index (Phi) is 3.22. The number of ether oxygens (including phenoxy) is 1.